The quantitative estimate of drug-likeness (QED) is 0.887. The van der Waals surface area contributed by atoms with E-state index in [1.54, 1.807) is 0 Å². The Morgan fingerprint density at radius 3 is 2.65 bits per heavy atom. The zero-order chi connectivity index (χ0) is 14.7. The van der Waals surface area contributed by atoms with Gasteiger partial charge in [0.05, 0.1) is 6.42 Å². The number of aromatic amines is 1. The van der Waals surface area contributed by atoms with E-state index in [-0.39, 0.29) is 11.9 Å². The second-order valence-electron chi connectivity index (χ2n) is 6.02. The Balaban J connectivity index is 2.07. The third kappa shape index (κ3) is 3.21. The van der Waals surface area contributed by atoms with Crippen LogP contribution in [-0.4, -0.2) is 28.9 Å². The second kappa shape index (κ2) is 6.12. The molecule has 2 rings (SSSR count). The van der Waals surface area contributed by atoms with Gasteiger partial charge in [0.15, 0.2) is 0 Å². The minimum atomic E-state index is 0.183. The molecule has 0 aliphatic carbocycles. The lowest BCUT2D eigenvalue weighted by Gasteiger charge is -2.26. The Hall–Kier alpha value is -1.77. The van der Waals surface area contributed by atoms with Crippen molar-refractivity contribution in [1.82, 2.24) is 9.88 Å². The number of carbonyl (C=O) groups excluding carboxylic acids is 1. The van der Waals surface area contributed by atoms with Crippen LogP contribution in [0.3, 0.4) is 0 Å². The van der Waals surface area contributed by atoms with Gasteiger partial charge >= 0.3 is 0 Å². The first-order chi connectivity index (χ1) is 9.49. The highest BCUT2D eigenvalue weighted by Gasteiger charge is 2.18. The summed E-state index contributed by atoms with van der Waals surface area (Å²) in [5, 5.41) is 1.14. The highest BCUT2D eigenvalue weighted by molar-refractivity contribution is 5.88. The molecular formula is C17H24N2O. The van der Waals surface area contributed by atoms with Crippen LogP contribution in [0.4, 0.5) is 0 Å². The van der Waals surface area contributed by atoms with Crippen LogP contribution in [-0.2, 0) is 11.2 Å². The summed E-state index contributed by atoms with van der Waals surface area (Å²) in [7, 11) is 1.91. The molecule has 0 fully saturated rings. The molecule has 108 valence electrons. The normalized spacial score (nSPS) is 12.8. The smallest absolute Gasteiger partial charge is 0.227 e. The fourth-order valence-corrected chi connectivity index (χ4v) is 2.65. The van der Waals surface area contributed by atoms with Gasteiger partial charge in [-0.1, -0.05) is 32.0 Å². The highest BCUT2D eigenvalue weighted by atomic mass is 16.2. The standard InChI is InChI=1S/C17H24N2O/c1-12(2)9-13(3)19(4)17(20)10-14-11-18-16-8-6-5-7-15(14)16/h5-8,11-13,18H,9-10H2,1-4H3/t13-/m1/s1. The molecule has 1 atom stereocenters. The van der Waals surface area contributed by atoms with Crippen LogP contribution in [0.15, 0.2) is 30.5 Å². The largest absolute Gasteiger partial charge is 0.361 e. The Bertz CT molecular complexity index is 585. The minimum absolute atomic E-state index is 0.183. The van der Waals surface area contributed by atoms with Crippen molar-refractivity contribution in [2.45, 2.75) is 39.7 Å². The van der Waals surface area contributed by atoms with Crippen LogP contribution in [0.1, 0.15) is 32.8 Å². The Kier molecular flexibility index (Phi) is 4.48. The molecule has 0 radical (unpaired) electrons. The summed E-state index contributed by atoms with van der Waals surface area (Å²) in [4.78, 5) is 17.5. The van der Waals surface area contributed by atoms with Gasteiger partial charge < -0.3 is 9.88 Å². The summed E-state index contributed by atoms with van der Waals surface area (Å²) >= 11 is 0. The number of para-hydroxylation sites is 1. The van der Waals surface area contributed by atoms with Gasteiger partial charge in [0.2, 0.25) is 5.91 Å². The molecule has 2 aromatic rings. The van der Waals surface area contributed by atoms with E-state index in [0.29, 0.717) is 12.3 Å². The molecule has 0 bridgehead atoms. The van der Waals surface area contributed by atoms with Crippen molar-refractivity contribution >= 4 is 16.8 Å². The van der Waals surface area contributed by atoms with E-state index in [1.807, 2.05) is 36.3 Å². The fraction of sp³-hybridized carbons (Fsp3) is 0.471. The molecule has 0 aliphatic rings. The lowest BCUT2D eigenvalue weighted by Crippen LogP contribution is -2.36. The molecule has 3 nitrogen and oxygen atoms in total. The summed E-state index contributed by atoms with van der Waals surface area (Å²) < 4.78 is 0. The molecular weight excluding hydrogens is 248 g/mol. The first-order valence-corrected chi connectivity index (χ1v) is 7.29. The van der Waals surface area contributed by atoms with E-state index in [2.05, 4.69) is 31.8 Å². The summed E-state index contributed by atoms with van der Waals surface area (Å²) in [6.45, 7) is 6.50. The van der Waals surface area contributed by atoms with E-state index in [9.17, 15) is 4.79 Å². The zero-order valence-electron chi connectivity index (χ0n) is 12.8. The van der Waals surface area contributed by atoms with Crippen LogP contribution in [0.5, 0.6) is 0 Å². The van der Waals surface area contributed by atoms with Crippen LogP contribution < -0.4 is 0 Å². The maximum absolute atomic E-state index is 12.4. The number of likely N-dealkylation sites (N-methyl/N-ethyl adjacent to an activating group) is 1. The van der Waals surface area contributed by atoms with Crippen LogP contribution >= 0.6 is 0 Å². The Morgan fingerprint density at radius 1 is 1.25 bits per heavy atom. The molecule has 1 heterocycles. The molecule has 0 spiro atoms. The molecule has 0 saturated heterocycles. The van der Waals surface area contributed by atoms with Crippen molar-refractivity contribution < 1.29 is 4.79 Å². The Labute approximate surface area is 121 Å². The third-order valence-corrected chi connectivity index (χ3v) is 3.88. The van der Waals surface area contributed by atoms with Gasteiger partial charge in [-0.05, 0) is 30.9 Å². The van der Waals surface area contributed by atoms with Gasteiger partial charge in [-0.3, -0.25) is 4.79 Å². The summed E-state index contributed by atoms with van der Waals surface area (Å²) in [6.07, 6.45) is 3.45. The topological polar surface area (TPSA) is 36.1 Å². The van der Waals surface area contributed by atoms with Gasteiger partial charge in [0.25, 0.3) is 0 Å². The maximum atomic E-state index is 12.4. The number of benzene rings is 1. The van der Waals surface area contributed by atoms with E-state index in [0.717, 1.165) is 22.9 Å². The van der Waals surface area contributed by atoms with Crippen molar-refractivity contribution in [2.75, 3.05) is 7.05 Å². The number of rotatable bonds is 5. The first-order valence-electron chi connectivity index (χ1n) is 7.29. The SMILES string of the molecule is CC(C)C[C@@H](C)N(C)C(=O)Cc1c[nH]c2ccccc12. The monoisotopic (exact) mass is 272 g/mol. The number of fused-ring (bicyclic) bond motifs is 1. The maximum Gasteiger partial charge on any atom is 0.227 e. The molecule has 20 heavy (non-hydrogen) atoms. The van der Waals surface area contributed by atoms with Crippen molar-refractivity contribution in [3.63, 3.8) is 0 Å². The molecule has 1 amide bonds. The predicted molar refractivity (Wildman–Crippen MR) is 83.7 cm³/mol. The van der Waals surface area contributed by atoms with Gasteiger partial charge in [0.1, 0.15) is 0 Å². The van der Waals surface area contributed by atoms with E-state index >= 15 is 0 Å². The van der Waals surface area contributed by atoms with E-state index in [4.69, 9.17) is 0 Å². The predicted octanol–water partition coefficient (Wildman–Crippen LogP) is 3.60. The summed E-state index contributed by atoms with van der Waals surface area (Å²) in [5.41, 5.74) is 2.17. The molecule has 1 N–H and O–H groups in total. The van der Waals surface area contributed by atoms with Crippen LogP contribution in [0.25, 0.3) is 10.9 Å². The van der Waals surface area contributed by atoms with Crippen LogP contribution in [0, 0.1) is 5.92 Å². The zero-order valence-corrected chi connectivity index (χ0v) is 12.8. The number of nitrogens with zero attached hydrogens (tertiary/aromatic N) is 1. The average molecular weight is 272 g/mol. The van der Waals surface area contributed by atoms with Crippen molar-refractivity contribution in [3.05, 3.63) is 36.0 Å². The number of hydrogen-bond acceptors (Lipinski definition) is 1. The first kappa shape index (κ1) is 14.6. The average Bonchev–Trinajstić information content (AvgIpc) is 2.80. The molecule has 0 unspecified atom stereocenters. The third-order valence-electron chi connectivity index (χ3n) is 3.88. The minimum Gasteiger partial charge on any atom is -0.361 e. The van der Waals surface area contributed by atoms with Crippen LogP contribution in [0.2, 0.25) is 0 Å². The second-order valence-corrected chi connectivity index (χ2v) is 6.02. The van der Waals surface area contributed by atoms with E-state index in [1.165, 1.54) is 0 Å². The number of carbonyl (C=O) groups is 1. The summed E-state index contributed by atoms with van der Waals surface area (Å²) in [6, 6.07) is 8.39. The van der Waals surface area contributed by atoms with E-state index < -0.39 is 0 Å². The fourth-order valence-electron chi connectivity index (χ4n) is 2.65. The van der Waals surface area contributed by atoms with Gasteiger partial charge in [-0.25, -0.2) is 0 Å². The number of nitrogens with one attached hydrogen (secondary N) is 1. The van der Waals surface area contributed by atoms with Crippen molar-refractivity contribution in [3.8, 4) is 0 Å². The lowest BCUT2D eigenvalue weighted by atomic mass is 10.0. The molecule has 1 aromatic heterocycles. The number of hydrogen-bond donors (Lipinski definition) is 1. The lowest BCUT2D eigenvalue weighted by molar-refractivity contribution is -0.131. The number of H-pyrrole nitrogens is 1. The Morgan fingerprint density at radius 2 is 1.95 bits per heavy atom. The molecule has 1 aromatic carbocycles. The number of amides is 1. The molecule has 0 aliphatic heterocycles. The van der Waals surface area contributed by atoms with Gasteiger partial charge in [0, 0.05) is 30.2 Å². The highest BCUT2D eigenvalue weighted by Crippen LogP contribution is 2.19. The number of aromatic nitrogens is 1. The van der Waals surface area contributed by atoms with Crippen molar-refractivity contribution in [1.29, 1.82) is 0 Å². The molecule has 3 heteroatoms. The molecule has 0 saturated carbocycles. The van der Waals surface area contributed by atoms with Gasteiger partial charge in [-0.2, -0.15) is 0 Å². The summed E-state index contributed by atoms with van der Waals surface area (Å²) in [5.74, 6) is 0.788. The van der Waals surface area contributed by atoms with Gasteiger partial charge in [-0.15, -0.1) is 0 Å². The van der Waals surface area contributed by atoms with Crippen molar-refractivity contribution in [2.24, 2.45) is 5.92 Å².